The molecule has 3 rings (SSSR count). The van der Waals surface area contributed by atoms with Crippen LogP contribution in [0.25, 0.3) is 0 Å². The minimum Gasteiger partial charge on any atom is -0.349 e. The van der Waals surface area contributed by atoms with Crippen LogP contribution in [-0.2, 0) is 9.59 Å². The van der Waals surface area contributed by atoms with Crippen molar-refractivity contribution in [2.75, 3.05) is 0 Å². The summed E-state index contributed by atoms with van der Waals surface area (Å²) in [6.07, 6.45) is 2.92. The smallest absolute Gasteiger partial charge is 0.223 e. The first-order valence-electron chi connectivity index (χ1n) is 10.4. The van der Waals surface area contributed by atoms with Crippen molar-refractivity contribution in [3.63, 3.8) is 0 Å². The van der Waals surface area contributed by atoms with Gasteiger partial charge < -0.3 is 10.6 Å². The summed E-state index contributed by atoms with van der Waals surface area (Å²) < 4.78 is 0. The predicted molar refractivity (Wildman–Crippen MR) is 121 cm³/mol. The van der Waals surface area contributed by atoms with Crippen LogP contribution < -0.4 is 10.6 Å². The third-order valence-corrected chi connectivity index (χ3v) is 6.43. The minimum atomic E-state index is -0.0731. The van der Waals surface area contributed by atoms with Gasteiger partial charge in [0.1, 0.15) is 0 Å². The lowest BCUT2D eigenvalue weighted by Gasteiger charge is -2.29. The molecule has 0 heterocycles. The lowest BCUT2D eigenvalue weighted by Crippen LogP contribution is -2.38. The number of carbonyl (C=O) groups excluding carboxylic acids is 2. The average Bonchev–Trinajstić information content (AvgIpc) is 2.74. The molecule has 1 saturated carbocycles. The van der Waals surface area contributed by atoms with Crippen LogP contribution >= 0.6 is 23.2 Å². The molecule has 2 N–H and O–H groups in total. The minimum absolute atomic E-state index is 0.0440. The summed E-state index contributed by atoms with van der Waals surface area (Å²) in [4.78, 5) is 25.3. The molecule has 1 fully saturated rings. The molecule has 2 amide bonds. The van der Waals surface area contributed by atoms with Gasteiger partial charge in [0.25, 0.3) is 0 Å². The molecule has 2 atom stereocenters. The topological polar surface area (TPSA) is 58.2 Å². The molecular formula is C24H28Cl2N2O2. The molecule has 1 aliphatic rings. The third-order valence-electron chi connectivity index (χ3n) is 5.93. The van der Waals surface area contributed by atoms with Gasteiger partial charge in [0.05, 0.1) is 12.1 Å². The molecule has 2 unspecified atom stereocenters. The van der Waals surface area contributed by atoms with E-state index in [1.165, 1.54) is 0 Å². The molecule has 160 valence electrons. The standard InChI is InChI=1S/C24H28Cl2N2O2/c1-15(17-7-11-21(25)12-8-17)27-23(29)19-3-5-20(6-4-19)24(30)28-16(2)18-9-13-22(26)14-10-18/h7-16,19-20H,3-6H2,1-2H3,(H,27,29)(H,28,30). The van der Waals surface area contributed by atoms with Crippen LogP contribution in [-0.4, -0.2) is 11.8 Å². The molecule has 1 aliphatic carbocycles. The van der Waals surface area contributed by atoms with E-state index in [2.05, 4.69) is 10.6 Å². The fourth-order valence-electron chi connectivity index (χ4n) is 3.95. The number of benzene rings is 2. The van der Waals surface area contributed by atoms with E-state index in [0.29, 0.717) is 10.0 Å². The van der Waals surface area contributed by atoms with Gasteiger partial charge >= 0.3 is 0 Å². The zero-order valence-corrected chi connectivity index (χ0v) is 18.8. The number of hydrogen-bond donors (Lipinski definition) is 2. The molecule has 2 aromatic rings. The number of halogens is 2. The fraction of sp³-hybridized carbons (Fsp3) is 0.417. The molecule has 0 aromatic heterocycles. The quantitative estimate of drug-likeness (QED) is 0.583. The van der Waals surface area contributed by atoms with Crippen molar-refractivity contribution >= 4 is 35.0 Å². The summed E-state index contributed by atoms with van der Waals surface area (Å²) >= 11 is 11.9. The molecule has 30 heavy (non-hydrogen) atoms. The highest BCUT2D eigenvalue weighted by Gasteiger charge is 2.31. The Morgan fingerprint density at radius 1 is 0.700 bits per heavy atom. The molecule has 6 heteroatoms. The van der Waals surface area contributed by atoms with Gasteiger partial charge in [-0.15, -0.1) is 0 Å². The van der Waals surface area contributed by atoms with Crippen molar-refractivity contribution < 1.29 is 9.59 Å². The molecule has 0 aliphatic heterocycles. The summed E-state index contributed by atoms with van der Waals surface area (Å²) in [6.45, 7) is 3.94. The van der Waals surface area contributed by atoms with Gasteiger partial charge in [-0.3, -0.25) is 9.59 Å². The monoisotopic (exact) mass is 446 g/mol. The van der Waals surface area contributed by atoms with Crippen molar-refractivity contribution in [2.24, 2.45) is 11.8 Å². The molecule has 2 aromatic carbocycles. The molecular weight excluding hydrogens is 419 g/mol. The predicted octanol–water partition coefficient (Wildman–Crippen LogP) is 5.85. The van der Waals surface area contributed by atoms with Gasteiger partial charge in [0.2, 0.25) is 11.8 Å². The van der Waals surface area contributed by atoms with Crippen LogP contribution in [0.4, 0.5) is 0 Å². The Morgan fingerprint density at radius 2 is 1.00 bits per heavy atom. The summed E-state index contributed by atoms with van der Waals surface area (Å²) in [5, 5.41) is 7.55. The van der Waals surface area contributed by atoms with Gasteiger partial charge in [-0.1, -0.05) is 47.5 Å². The lowest BCUT2D eigenvalue weighted by atomic mass is 9.81. The second-order valence-electron chi connectivity index (χ2n) is 8.11. The SMILES string of the molecule is CC(NC(=O)C1CCC(C(=O)NC(C)c2ccc(Cl)cc2)CC1)c1ccc(Cl)cc1. The average molecular weight is 447 g/mol. The highest BCUT2D eigenvalue weighted by atomic mass is 35.5. The zero-order valence-electron chi connectivity index (χ0n) is 17.3. The number of amides is 2. The van der Waals surface area contributed by atoms with E-state index >= 15 is 0 Å². The number of rotatable bonds is 6. The Kier molecular flexibility index (Phi) is 7.79. The van der Waals surface area contributed by atoms with Crippen LogP contribution in [0.1, 0.15) is 62.7 Å². The first-order chi connectivity index (χ1) is 14.3. The van der Waals surface area contributed by atoms with E-state index < -0.39 is 0 Å². The molecule has 4 nitrogen and oxygen atoms in total. The highest BCUT2D eigenvalue weighted by molar-refractivity contribution is 6.30. The van der Waals surface area contributed by atoms with Gasteiger partial charge in [0, 0.05) is 21.9 Å². The molecule has 0 bridgehead atoms. The lowest BCUT2D eigenvalue weighted by molar-refractivity contribution is -0.131. The number of hydrogen-bond acceptors (Lipinski definition) is 2. The van der Waals surface area contributed by atoms with Crippen LogP contribution in [0.3, 0.4) is 0 Å². The maximum atomic E-state index is 12.7. The van der Waals surface area contributed by atoms with Crippen molar-refractivity contribution in [1.82, 2.24) is 10.6 Å². The van der Waals surface area contributed by atoms with E-state index in [-0.39, 0.29) is 35.7 Å². The van der Waals surface area contributed by atoms with Crippen LogP contribution in [0.5, 0.6) is 0 Å². The van der Waals surface area contributed by atoms with Gasteiger partial charge in [-0.05, 0) is 74.9 Å². The molecule has 0 saturated heterocycles. The maximum Gasteiger partial charge on any atom is 0.223 e. The van der Waals surface area contributed by atoms with E-state index in [9.17, 15) is 9.59 Å². The van der Waals surface area contributed by atoms with Crippen LogP contribution in [0.2, 0.25) is 10.0 Å². The van der Waals surface area contributed by atoms with E-state index in [0.717, 1.165) is 36.8 Å². The van der Waals surface area contributed by atoms with E-state index in [1.807, 2.05) is 62.4 Å². The Labute approximate surface area is 188 Å². The number of carbonyl (C=O) groups is 2. The van der Waals surface area contributed by atoms with Gasteiger partial charge in [-0.25, -0.2) is 0 Å². The Balaban J connectivity index is 1.46. The van der Waals surface area contributed by atoms with Gasteiger partial charge in [0.15, 0.2) is 0 Å². The first kappa shape index (κ1) is 22.6. The Hall–Kier alpha value is -2.04. The largest absolute Gasteiger partial charge is 0.349 e. The maximum absolute atomic E-state index is 12.7. The van der Waals surface area contributed by atoms with Crippen LogP contribution in [0, 0.1) is 11.8 Å². The zero-order chi connectivity index (χ0) is 21.7. The Bertz CT molecular complexity index is 786. The number of nitrogens with one attached hydrogen (secondary N) is 2. The third kappa shape index (κ3) is 5.99. The van der Waals surface area contributed by atoms with Crippen molar-refractivity contribution in [3.05, 3.63) is 69.7 Å². The summed E-state index contributed by atoms with van der Waals surface area (Å²) in [7, 11) is 0. The summed E-state index contributed by atoms with van der Waals surface area (Å²) in [5.41, 5.74) is 2.05. The summed E-state index contributed by atoms with van der Waals surface area (Å²) in [6, 6.07) is 14.9. The van der Waals surface area contributed by atoms with Crippen LogP contribution in [0.15, 0.2) is 48.5 Å². The highest BCUT2D eigenvalue weighted by Crippen LogP contribution is 2.30. The van der Waals surface area contributed by atoms with E-state index in [1.54, 1.807) is 0 Å². The second kappa shape index (κ2) is 10.3. The summed E-state index contributed by atoms with van der Waals surface area (Å²) in [5.74, 6) is 0.0339. The normalized spacial score (nSPS) is 20.8. The Morgan fingerprint density at radius 3 is 1.30 bits per heavy atom. The van der Waals surface area contributed by atoms with Crippen molar-refractivity contribution in [2.45, 2.75) is 51.6 Å². The van der Waals surface area contributed by atoms with Crippen molar-refractivity contribution in [3.8, 4) is 0 Å². The van der Waals surface area contributed by atoms with Gasteiger partial charge in [-0.2, -0.15) is 0 Å². The molecule has 0 spiro atoms. The van der Waals surface area contributed by atoms with Crippen molar-refractivity contribution in [1.29, 1.82) is 0 Å². The van der Waals surface area contributed by atoms with E-state index in [4.69, 9.17) is 23.2 Å². The first-order valence-corrected chi connectivity index (χ1v) is 11.2. The fourth-order valence-corrected chi connectivity index (χ4v) is 4.20. The molecule has 0 radical (unpaired) electrons. The second-order valence-corrected chi connectivity index (χ2v) is 8.99.